The Kier molecular flexibility index (Phi) is 4.24. The molecule has 0 heterocycles. The predicted octanol–water partition coefficient (Wildman–Crippen LogP) is 3.31. The van der Waals surface area contributed by atoms with Crippen LogP contribution in [-0.2, 0) is 0 Å². The molecule has 0 fully saturated rings. The lowest BCUT2D eigenvalue weighted by Crippen LogP contribution is -2.14. The molecule has 1 nitrogen and oxygen atoms in total. The minimum absolute atomic E-state index is 1.07. The number of benzene rings is 1. The number of hydrogen-bond donors (Lipinski definition) is 0. The maximum Gasteiger partial charge on any atom is 0.0143 e. The van der Waals surface area contributed by atoms with E-state index in [1.54, 1.807) is 0 Å². The van der Waals surface area contributed by atoms with Gasteiger partial charge < -0.3 is 4.90 Å². The van der Waals surface area contributed by atoms with Crippen molar-refractivity contribution >= 4 is 6.08 Å². The number of nitrogens with zero attached hydrogens (tertiary/aromatic N) is 1. The second kappa shape index (κ2) is 5.48. The summed E-state index contributed by atoms with van der Waals surface area (Å²) in [4.78, 5) is 2.28. The molecule has 0 radical (unpaired) electrons. The lowest BCUT2D eigenvalue weighted by Gasteiger charge is -2.14. The molecule has 0 aromatic heterocycles. The van der Waals surface area contributed by atoms with Crippen LogP contribution in [0.25, 0.3) is 6.08 Å². The fourth-order valence-corrected chi connectivity index (χ4v) is 1.39. The third-order valence-corrected chi connectivity index (χ3v) is 2.47. The van der Waals surface area contributed by atoms with Gasteiger partial charge in [-0.2, -0.15) is 0 Å². The van der Waals surface area contributed by atoms with Gasteiger partial charge >= 0.3 is 0 Å². The fourth-order valence-electron chi connectivity index (χ4n) is 1.39. The van der Waals surface area contributed by atoms with Crippen LogP contribution in [-0.4, -0.2) is 18.0 Å². The number of rotatable bonds is 4. The molecule has 1 aromatic rings. The maximum absolute atomic E-state index is 2.28. The third kappa shape index (κ3) is 2.91. The smallest absolute Gasteiger partial charge is 0.0143 e. The summed E-state index contributed by atoms with van der Waals surface area (Å²) in [6.45, 7) is 8.62. The van der Waals surface area contributed by atoms with Gasteiger partial charge in [-0.1, -0.05) is 24.3 Å². The van der Waals surface area contributed by atoms with Crippen LogP contribution >= 0.6 is 0 Å². The highest BCUT2D eigenvalue weighted by molar-refractivity contribution is 5.52. The summed E-state index contributed by atoms with van der Waals surface area (Å²) >= 11 is 0. The van der Waals surface area contributed by atoms with Gasteiger partial charge in [0.15, 0.2) is 0 Å². The van der Waals surface area contributed by atoms with Gasteiger partial charge in [-0.05, 0) is 44.2 Å². The van der Waals surface area contributed by atoms with E-state index in [0.717, 1.165) is 13.1 Å². The molecule has 0 aliphatic rings. The van der Waals surface area contributed by atoms with E-state index >= 15 is 0 Å². The van der Waals surface area contributed by atoms with Crippen LogP contribution in [0.4, 0.5) is 0 Å². The van der Waals surface area contributed by atoms with Crippen molar-refractivity contribution in [3.05, 3.63) is 41.6 Å². The average Bonchev–Trinajstić information content (AvgIpc) is 2.22. The quantitative estimate of drug-likeness (QED) is 0.702. The molecule has 1 rings (SSSR count). The van der Waals surface area contributed by atoms with Gasteiger partial charge in [-0.15, -0.1) is 0 Å². The molecule has 1 heteroatoms. The monoisotopic (exact) mass is 189 g/mol. The first-order valence-electron chi connectivity index (χ1n) is 5.25. The molecule has 0 atom stereocenters. The Hall–Kier alpha value is -1.24. The van der Waals surface area contributed by atoms with Gasteiger partial charge in [0.1, 0.15) is 0 Å². The Bertz CT molecular complexity index is 298. The summed E-state index contributed by atoms with van der Waals surface area (Å²) in [5.41, 5.74) is 2.63. The van der Waals surface area contributed by atoms with Crippen molar-refractivity contribution in [2.45, 2.75) is 20.8 Å². The highest BCUT2D eigenvalue weighted by atomic mass is 15.1. The zero-order chi connectivity index (χ0) is 10.4. The van der Waals surface area contributed by atoms with Crippen molar-refractivity contribution in [3.8, 4) is 0 Å². The SMILES string of the molecule is CCN(C=Cc1ccccc1C)CC. The fraction of sp³-hybridized carbons (Fsp3) is 0.385. The summed E-state index contributed by atoms with van der Waals surface area (Å²) < 4.78 is 0. The van der Waals surface area contributed by atoms with E-state index in [-0.39, 0.29) is 0 Å². The first-order valence-corrected chi connectivity index (χ1v) is 5.25. The predicted molar refractivity (Wildman–Crippen MR) is 63.1 cm³/mol. The molecule has 0 bridgehead atoms. The summed E-state index contributed by atoms with van der Waals surface area (Å²) in [7, 11) is 0. The van der Waals surface area contributed by atoms with Gasteiger partial charge in [0.25, 0.3) is 0 Å². The Balaban J connectivity index is 2.72. The Morgan fingerprint density at radius 1 is 1.14 bits per heavy atom. The van der Waals surface area contributed by atoms with E-state index in [2.05, 4.69) is 62.2 Å². The molecule has 1 aromatic carbocycles. The number of aryl methyl sites for hydroxylation is 1. The second-order valence-electron chi connectivity index (χ2n) is 3.39. The van der Waals surface area contributed by atoms with Crippen LogP contribution in [0.15, 0.2) is 30.5 Å². The zero-order valence-corrected chi connectivity index (χ0v) is 9.33. The second-order valence-corrected chi connectivity index (χ2v) is 3.39. The molecular formula is C13H19N. The minimum atomic E-state index is 1.07. The van der Waals surface area contributed by atoms with Gasteiger partial charge in [-0.25, -0.2) is 0 Å². The van der Waals surface area contributed by atoms with Crippen LogP contribution < -0.4 is 0 Å². The minimum Gasteiger partial charge on any atom is -0.378 e. The van der Waals surface area contributed by atoms with Crippen molar-refractivity contribution in [1.29, 1.82) is 0 Å². The summed E-state index contributed by atoms with van der Waals surface area (Å²) in [5, 5.41) is 0. The lowest BCUT2D eigenvalue weighted by atomic mass is 10.1. The molecule has 0 saturated carbocycles. The molecule has 0 aliphatic heterocycles. The van der Waals surface area contributed by atoms with Crippen molar-refractivity contribution in [2.75, 3.05) is 13.1 Å². The maximum atomic E-state index is 2.28. The van der Waals surface area contributed by atoms with Crippen molar-refractivity contribution in [3.63, 3.8) is 0 Å². The molecule has 0 N–H and O–H groups in total. The van der Waals surface area contributed by atoms with E-state index in [0.29, 0.717) is 0 Å². The Morgan fingerprint density at radius 3 is 2.36 bits per heavy atom. The first-order chi connectivity index (χ1) is 6.77. The molecule has 0 spiro atoms. The normalized spacial score (nSPS) is 10.8. The summed E-state index contributed by atoms with van der Waals surface area (Å²) in [5.74, 6) is 0. The molecular weight excluding hydrogens is 170 g/mol. The van der Waals surface area contributed by atoms with Crippen LogP contribution in [0.2, 0.25) is 0 Å². The van der Waals surface area contributed by atoms with Crippen molar-refractivity contribution in [1.82, 2.24) is 4.90 Å². The average molecular weight is 189 g/mol. The molecule has 76 valence electrons. The van der Waals surface area contributed by atoms with E-state index in [9.17, 15) is 0 Å². The standard InChI is InChI=1S/C13H19N/c1-4-14(5-2)11-10-13-9-7-6-8-12(13)3/h6-11H,4-5H2,1-3H3. The van der Waals surface area contributed by atoms with Gasteiger partial charge in [-0.3, -0.25) is 0 Å². The Labute approximate surface area is 87.1 Å². The molecule has 0 aliphatic carbocycles. The van der Waals surface area contributed by atoms with Crippen molar-refractivity contribution < 1.29 is 0 Å². The Morgan fingerprint density at radius 2 is 1.79 bits per heavy atom. The van der Waals surface area contributed by atoms with E-state index < -0.39 is 0 Å². The number of hydrogen-bond acceptors (Lipinski definition) is 1. The third-order valence-electron chi connectivity index (χ3n) is 2.47. The summed E-state index contributed by atoms with van der Waals surface area (Å²) in [6.07, 6.45) is 4.35. The molecule has 14 heavy (non-hydrogen) atoms. The van der Waals surface area contributed by atoms with Gasteiger partial charge in [0.05, 0.1) is 0 Å². The van der Waals surface area contributed by atoms with Crippen LogP contribution in [0.3, 0.4) is 0 Å². The van der Waals surface area contributed by atoms with Crippen LogP contribution in [0.5, 0.6) is 0 Å². The highest BCUT2D eigenvalue weighted by Crippen LogP contribution is 2.09. The topological polar surface area (TPSA) is 3.24 Å². The van der Waals surface area contributed by atoms with Crippen molar-refractivity contribution in [2.24, 2.45) is 0 Å². The highest BCUT2D eigenvalue weighted by Gasteiger charge is 1.93. The van der Waals surface area contributed by atoms with E-state index in [1.807, 2.05) is 0 Å². The van der Waals surface area contributed by atoms with Crippen LogP contribution in [0, 0.1) is 6.92 Å². The van der Waals surface area contributed by atoms with Gasteiger partial charge in [0, 0.05) is 13.1 Å². The van der Waals surface area contributed by atoms with Crippen LogP contribution in [0.1, 0.15) is 25.0 Å². The first kappa shape index (κ1) is 10.8. The zero-order valence-electron chi connectivity index (χ0n) is 9.33. The molecule has 0 amide bonds. The lowest BCUT2D eigenvalue weighted by molar-refractivity contribution is 0.421. The van der Waals surface area contributed by atoms with Gasteiger partial charge in [0.2, 0.25) is 0 Å². The summed E-state index contributed by atoms with van der Waals surface area (Å²) in [6, 6.07) is 8.44. The van der Waals surface area contributed by atoms with E-state index in [4.69, 9.17) is 0 Å². The van der Waals surface area contributed by atoms with E-state index in [1.165, 1.54) is 11.1 Å². The molecule has 0 saturated heterocycles. The largest absolute Gasteiger partial charge is 0.378 e. The molecule has 0 unspecified atom stereocenters.